The minimum atomic E-state index is -3.62. The summed E-state index contributed by atoms with van der Waals surface area (Å²) in [5, 5.41) is 7.27. The lowest BCUT2D eigenvalue weighted by atomic mass is 10.0. The summed E-state index contributed by atoms with van der Waals surface area (Å²) in [6, 6.07) is 15.3. The first-order valence-corrected chi connectivity index (χ1v) is 11.7. The number of nitrogens with one attached hydrogen (secondary N) is 2. The number of amides is 2. The lowest BCUT2D eigenvalue weighted by molar-refractivity contribution is 0.262. The van der Waals surface area contributed by atoms with Crippen LogP contribution in [0, 0.1) is 0 Å². The van der Waals surface area contributed by atoms with E-state index in [2.05, 4.69) is 10.6 Å². The molecule has 156 valence electrons. The Bertz CT molecular complexity index is 1160. The number of aryl methyl sites for hydroxylation is 1. The average Bonchev–Trinajstić information content (AvgIpc) is 3.29. The number of hydrogen-bond donors (Lipinski definition) is 2. The fourth-order valence-corrected chi connectivity index (χ4v) is 6.02. The van der Waals surface area contributed by atoms with Gasteiger partial charge in [0, 0.05) is 24.0 Å². The number of thiophene rings is 1. The van der Waals surface area contributed by atoms with Crippen molar-refractivity contribution < 1.29 is 17.9 Å². The second-order valence-electron chi connectivity index (χ2n) is 6.77. The van der Waals surface area contributed by atoms with Gasteiger partial charge in [-0.1, -0.05) is 18.2 Å². The van der Waals surface area contributed by atoms with E-state index in [-0.39, 0.29) is 0 Å². The first kappa shape index (κ1) is 20.2. The van der Waals surface area contributed by atoms with E-state index in [1.165, 1.54) is 15.6 Å². The zero-order chi connectivity index (χ0) is 21.1. The molecule has 0 aliphatic carbocycles. The fourth-order valence-electron chi connectivity index (χ4n) is 3.38. The molecule has 0 unspecified atom stereocenters. The summed E-state index contributed by atoms with van der Waals surface area (Å²) >= 11 is 1.20. The van der Waals surface area contributed by atoms with Gasteiger partial charge >= 0.3 is 6.03 Å². The number of sulfonamides is 1. The Labute approximate surface area is 179 Å². The molecule has 0 fully saturated rings. The molecule has 2 amide bonds. The number of hydrogen-bond acceptors (Lipinski definition) is 5. The molecule has 0 bridgehead atoms. The molecule has 30 heavy (non-hydrogen) atoms. The lowest BCUT2D eigenvalue weighted by Crippen LogP contribution is -2.35. The number of urea groups is 1. The van der Waals surface area contributed by atoms with Crippen molar-refractivity contribution in [3.63, 3.8) is 0 Å². The number of fused-ring (bicyclic) bond motifs is 1. The Kier molecular flexibility index (Phi) is 5.65. The van der Waals surface area contributed by atoms with Crippen LogP contribution in [-0.4, -0.2) is 28.1 Å². The molecule has 4 rings (SSSR count). The SMILES string of the molecule is COc1cccc(NC(=O)Nc2ccc3c(c2)N(S(=O)(=O)c2cccs2)CCC3)c1. The van der Waals surface area contributed by atoms with Crippen LogP contribution < -0.4 is 19.7 Å². The fraction of sp³-hybridized carbons (Fsp3) is 0.190. The van der Waals surface area contributed by atoms with E-state index >= 15 is 0 Å². The maximum absolute atomic E-state index is 13.1. The standard InChI is InChI=1S/C21H21N3O4S2/c1-28-18-7-2-6-16(13-18)22-21(25)23-17-10-9-15-5-3-11-24(19(15)14-17)30(26,27)20-8-4-12-29-20/h2,4,6-10,12-14H,3,5,11H2,1H3,(H2,22,23,25). The van der Waals surface area contributed by atoms with Crippen LogP contribution in [0.2, 0.25) is 0 Å². The minimum Gasteiger partial charge on any atom is -0.497 e. The van der Waals surface area contributed by atoms with Crippen LogP contribution in [0.5, 0.6) is 5.75 Å². The molecule has 0 saturated carbocycles. The van der Waals surface area contributed by atoms with Crippen molar-refractivity contribution in [1.29, 1.82) is 0 Å². The zero-order valence-corrected chi connectivity index (χ0v) is 17.9. The first-order valence-electron chi connectivity index (χ1n) is 9.38. The molecule has 1 aliphatic rings. The third-order valence-electron chi connectivity index (χ3n) is 4.79. The first-order chi connectivity index (χ1) is 14.5. The van der Waals surface area contributed by atoms with Gasteiger partial charge in [-0.15, -0.1) is 11.3 Å². The Hall–Kier alpha value is -3.04. The number of rotatable bonds is 5. The van der Waals surface area contributed by atoms with Gasteiger partial charge in [-0.25, -0.2) is 13.2 Å². The van der Waals surface area contributed by atoms with Gasteiger partial charge in [0.2, 0.25) is 0 Å². The Morgan fingerprint density at radius 3 is 2.60 bits per heavy atom. The maximum Gasteiger partial charge on any atom is 0.323 e. The van der Waals surface area contributed by atoms with E-state index in [1.54, 1.807) is 61.0 Å². The highest BCUT2D eigenvalue weighted by molar-refractivity contribution is 7.94. The Balaban J connectivity index is 1.56. The van der Waals surface area contributed by atoms with Crippen molar-refractivity contribution in [1.82, 2.24) is 0 Å². The summed E-state index contributed by atoms with van der Waals surface area (Å²) in [5.74, 6) is 0.635. The number of anilines is 3. The summed E-state index contributed by atoms with van der Waals surface area (Å²) in [6.45, 7) is 0.409. The van der Waals surface area contributed by atoms with Crippen LogP contribution >= 0.6 is 11.3 Å². The molecule has 0 spiro atoms. The van der Waals surface area contributed by atoms with E-state index in [0.717, 1.165) is 18.4 Å². The number of nitrogens with zero attached hydrogens (tertiary/aromatic N) is 1. The van der Waals surface area contributed by atoms with Crippen molar-refractivity contribution in [2.75, 3.05) is 28.6 Å². The monoisotopic (exact) mass is 443 g/mol. The number of carbonyl (C=O) groups excluding carboxylic acids is 1. The van der Waals surface area contributed by atoms with E-state index in [0.29, 0.717) is 33.6 Å². The van der Waals surface area contributed by atoms with Crippen molar-refractivity contribution in [3.8, 4) is 5.75 Å². The van der Waals surface area contributed by atoms with Gasteiger partial charge < -0.3 is 15.4 Å². The Morgan fingerprint density at radius 2 is 1.87 bits per heavy atom. The van der Waals surface area contributed by atoms with Gasteiger partial charge in [0.15, 0.2) is 0 Å². The summed E-state index contributed by atoms with van der Waals surface area (Å²) in [6.07, 6.45) is 1.54. The summed E-state index contributed by atoms with van der Waals surface area (Å²) in [4.78, 5) is 12.4. The van der Waals surface area contributed by atoms with Gasteiger partial charge in [-0.2, -0.15) is 0 Å². The molecule has 1 aromatic heterocycles. The highest BCUT2D eigenvalue weighted by Crippen LogP contribution is 2.35. The molecular weight excluding hydrogens is 422 g/mol. The van der Waals surface area contributed by atoms with Crippen molar-refractivity contribution in [3.05, 3.63) is 65.5 Å². The maximum atomic E-state index is 13.1. The molecular formula is C21H21N3O4S2. The molecule has 2 N–H and O–H groups in total. The Morgan fingerprint density at radius 1 is 1.07 bits per heavy atom. The third-order valence-corrected chi connectivity index (χ3v) is 7.97. The van der Waals surface area contributed by atoms with Gasteiger partial charge in [-0.05, 0) is 54.1 Å². The highest BCUT2D eigenvalue weighted by atomic mass is 32.2. The second-order valence-corrected chi connectivity index (χ2v) is 9.80. The van der Waals surface area contributed by atoms with Crippen LogP contribution in [0.4, 0.5) is 21.9 Å². The van der Waals surface area contributed by atoms with Crippen molar-refractivity contribution >= 4 is 44.5 Å². The topological polar surface area (TPSA) is 87.7 Å². The van der Waals surface area contributed by atoms with Gasteiger partial charge in [0.05, 0.1) is 12.8 Å². The number of carbonyl (C=O) groups is 1. The summed E-state index contributed by atoms with van der Waals surface area (Å²) in [5.41, 5.74) is 2.66. The predicted octanol–water partition coefficient (Wildman–Crippen LogP) is 4.54. The molecule has 9 heteroatoms. The van der Waals surface area contributed by atoms with E-state index < -0.39 is 16.1 Å². The smallest absolute Gasteiger partial charge is 0.323 e. The molecule has 3 aromatic rings. The van der Waals surface area contributed by atoms with E-state index in [4.69, 9.17) is 4.74 Å². The van der Waals surface area contributed by atoms with Crippen LogP contribution in [0.25, 0.3) is 0 Å². The van der Waals surface area contributed by atoms with Crippen LogP contribution in [0.3, 0.4) is 0 Å². The molecule has 2 aromatic carbocycles. The summed E-state index contributed by atoms with van der Waals surface area (Å²) in [7, 11) is -2.07. The van der Waals surface area contributed by atoms with Crippen LogP contribution in [0.1, 0.15) is 12.0 Å². The van der Waals surface area contributed by atoms with Gasteiger partial charge in [-0.3, -0.25) is 4.31 Å². The molecule has 0 saturated heterocycles. The zero-order valence-electron chi connectivity index (χ0n) is 16.3. The van der Waals surface area contributed by atoms with Gasteiger partial charge in [0.1, 0.15) is 9.96 Å². The third kappa shape index (κ3) is 4.12. The normalized spacial score (nSPS) is 13.4. The quantitative estimate of drug-likeness (QED) is 0.606. The molecule has 2 heterocycles. The summed E-state index contributed by atoms with van der Waals surface area (Å²) < 4.78 is 33.0. The highest BCUT2D eigenvalue weighted by Gasteiger charge is 2.30. The number of methoxy groups -OCH3 is 1. The largest absolute Gasteiger partial charge is 0.497 e. The number of ether oxygens (including phenoxy) is 1. The molecule has 0 radical (unpaired) electrons. The molecule has 7 nitrogen and oxygen atoms in total. The molecule has 0 atom stereocenters. The van der Waals surface area contributed by atoms with Crippen molar-refractivity contribution in [2.24, 2.45) is 0 Å². The van der Waals surface area contributed by atoms with Crippen LogP contribution in [0.15, 0.2) is 64.2 Å². The van der Waals surface area contributed by atoms with E-state index in [1.807, 2.05) is 6.07 Å². The second kappa shape index (κ2) is 8.37. The predicted molar refractivity (Wildman–Crippen MR) is 119 cm³/mol. The van der Waals surface area contributed by atoms with Gasteiger partial charge in [0.25, 0.3) is 10.0 Å². The van der Waals surface area contributed by atoms with Crippen molar-refractivity contribution in [2.45, 2.75) is 17.1 Å². The molecule has 1 aliphatic heterocycles. The lowest BCUT2D eigenvalue weighted by Gasteiger charge is -2.30. The number of benzene rings is 2. The van der Waals surface area contributed by atoms with Crippen LogP contribution in [-0.2, 0) is 16.4 Å². The average molecular weight is 444 g/mol. The van der Waals surface area contributed by atoms with E-state index in [9.17, 15) is 13.2 Å². The minimum absolute atomic E-state index is 0.310.